The molecular formula is C24H36N4O5. The van der Waals surface area contributed by atoms with Crippen molar-refractivity contribution < 1.29 is 23.5 Å². The predicted octanol–water partition coefficient (Wildman–Crippen LogP) is 2.72. The number of piperidine rings is 1. The highest BCUT2D eigenvalue weighted by Gasteiger charge is 2.26. The minimum Gasteiger partial charge on any atom is -0.467 e. The van der Waals surface area contributed by atoms with Crippen LogP contribution >= 0.6 is 0 Å². The number of carbonyl (C=O) groups excluding carboxylic acids is 2. The van der Waals surface area contributed by atoms with Gasteiger partial charge in [0.05, 0.1) is 32.6 Å². The normalized spacial score (nSPS) is 14.5. The molecule has 0 radical (unpaired) electrons. The van der Waals surface area contributed by atoms with Crippen LogP contribution in [0, 0.1) is 0 Å². The van der Waals surface area contributed by atoms with Gasteiger partial charge in [-0.25, -0.2) is 4.98 Å². The molecule has 1 saturated heterocycles. The lowest BCUT2D eigenvalue weighted by molar-refractivity contribution is -0.132. The molecule has 0 atom stereocenters. The molecule has 0 spiro atoms. The first-order chi connectivity index (χ1) is 16.2. The van der Waals surface area contributed by atoms with Crippen LogP contribution in [-0.4, -0.2) is 65.8 Å². The number of aromatic nitrogens is 2. The summed E-state index contributed by atoms with van der Waals surface area (Å²) in [5, 5.41) is 2.81. The highest BCUT2D eigenvalue weighted by Crippen LogP contribution is 2.27. The van der Waals surface area contributed by atoms with Gasteiger partial charge in [0.15, 0.2) is 0 Å². The Morgan fingerprint density at radius 1 is 1.18 bits per heavy atom. The molecule has 0 aromatic carbocycles. The number of imidazole rings is 1. The van der Waals surface area contributed by atoms with Crippen molar-refractivity contribution in [3.63, 3.8) is 0 Å². The van der Waals surface area contributed by atoms with Crippen LogP contribution < -0.4 is 5.32 Å². The molecule has 2 aromatic rings. The number of hydrogen-bond donors (Lipinski definition) is 1. The van der Waals surface area contributed by atoms with E-state index in [1.54, 1.807) is 12.3 Å². The van der Waals surface area contributed by atoms with Crippen LogP contribution in [-0.2, 0) is 32.2 Å². The SMILES string of the molecule is CCOCCOCCn1ccnc1C1CCN(C(=O)CCCC(=O)NCc2ccco2)CC1. The summed E-state index contributed by atoms with van der Waals surface area (Å²) in [7, 11) is 0. The van der Waals surface area contributed by atoms with Crippen LogP contribution in [0.25, 0.3) is 0 Å². The number of rotatable bonds is 14. The van der Waals surface area contributed by atoms with Gasteiger partial charge in [0.1, 0.15) is 11.6 Å². The number of hydrogen-bond acceptors (Lipinski definition) is 6. The van der Waals surface area contributed by atoms with Crippen LogP contribution in [0.5, 0.6) is 0 Å². The maximum absolute atomic E-state index is 12.6. The molecule has 3 heterocycles. The third-order valence-electron chi connectivity index (χ3n) is 5.85. The second kappa shape index (κ2) is 13.8. The van der Waals surface area contributed by atoms with Crippen molar-refractivity contribution in [3.8, 4) is 0 Å². The van der Waals surface area contributed by atoms with Crippen molar-refractivity contribution in [1.82, 2.24) is 19.8 Å². The third-order valence-corrected chi connectivity index (χ3v) is 5.85. The molecule has 1 aliphatic rings. The Kier molecular flexibility index (Phi) is 10.4. The standard InChI is InChI=1S/C24H36N4O5/c1-2-31-17-18-32-16-14-28-13-10-25-24(28)20-8-11-27(12-9-20)23(30)7-3-6-22(29)26-19-21-5-4-15-33-21/h4-5,10,13,15,20H,2-3,6-9,11-12,14,16-19H2,1H3,(H,26,29). The Bertz CT molecular complexity index is 828. The van der Waals surface area contributed by atoms with Crippen molar-refractivity contribution in [2.75, 3.05) is 39.5 Å². The lowest BCUT2D eigenvalue weighted by atomic mass is 9.95. The topological polar surface area (TPSA) is 98.8 Å². The first-order valence-corrected chi connectivity index (χ1v) is 11.9. The molecule has 1 aliphatic heterocycles. The fourth-order valence-corrected chi connectivity index (χ4v) is 4.03. The number of amides is 2. The second-order valence-electron chi connectivity index (χ2n) is 8.15. The van der Waals surface area contributed by atoms with Gasteiger partial charge in [0.25, 0.3) is 0 Å². The van der Waals surface area contributed by atoms with Gasteiger partial charge in [-0.3, -0.25) is 9.59 Å². The zero-order chi connectivity index (χ0) is 23.3. The molecule has 2 aromatic heterocycles. The van der Waals surface area contributed by atoms with E-state index in [9.17, 15) is 9.59 Å². The summed E-state index contributed by atoms with van der Waals surface area (Å²) in [6, 6.07) is 3.61. The summed E-state index contributed by atoms with van der Waals surface area (Å²) >= 11 is 0. The zero-order valence-electron chi connectivity index (χ0n) is 19.5. The fraction of sp³-hybridized carbons (Fsp3) is 0.625. The summed E-state index contributed by atoms with van der Waals surface area (Å²) in [5.74, 6) is 2.20. The number of furan rings is 1. The monoisotopic (exact) mass is 460 g/mol. The van der Waals surface area contributed by atoms with E-state index in [2.05, 4.69) is 14.9 Å². The average molecular weight is 461 g/mol. The summed E-state index contributed by atoms with van der Waals surface area (Å²) in [6.45, 7) is 7.13. The fourth-order valence-electron chi connectivity index (χ4n) is 4.03. The maximum Gasteiger partial charge on any atom is 0.222 e. The van der Waals surface area contributed by atoms with E-state index in [1.807, 2.05) is 30.3 Å². The zero-order valence-corrected chi connectivity index (χ0v) is 19.5. The smallest absolute Gasteiger partial charge is 0.222 e. The summed E-state index contributed by atoms with van der Waals surface area (Å²) in [4.78, 5) is 31.0. The van der Waals surface area contributed by atoms with E-state index >= 15 is 0 Å². The Balaban J connectivity index is 1.31. The molecule has 2 amide bonds. The van der Waals surface area contributed by atoms with Crippen LogP contribution in [0.2, 0.25) is 0 Å². The first-order valence-electron chi connectivity index (χ1n) is 11.9. The third kappa shape index (κ3) is 8.33. The Morgan fingerprint density at radius 2 is 2.00 bits per heavy atom. The van der Waals surface area contributed by atoms with Crippen molar-refractivity contribution in [3.05, 3.63) is 42.4 Å². The lowest BCUT2D eigenvalue weighted by Crippen LogP contribution is -2.38. The summed E-state index contributed by atoms with van der Waals surface area (Å²) in [6.07, 6.45) is 8.50. The van der Waals surface area contributed by atoms with Crippen molar-refractivity contribution in [2.45, 2.75) is 58.0 Å². The Labute approximate surface area is 195 Å². The molecule has 9 heteroatoms. The molecule has 9 nitrogen and oxygen atoms in total. The number of likely N-dealkylation sites (tertiary alicyclic amines) is 1. The van der Waals surface area contributed by atoms with Crippen LogP contribution in [0.4, 0.5) is 0 Å². The van der Waals surface area contributed by atoms with Gasteiger partial charge in [-0.05, 0) is 38.3 Å². The van der Waals surface area contributed by atoms with E-state index < -0.39 is 0 Å². The van der Waals surface area contributed by atoms with Gasteiger partial charge in [-0.15, -0.1) is 0 Å². The second-order valence-corrected chi connectivity index (χ2v) is 8.15. The summed E-state index contributed by atoms with van der Waals surface area (Å²) < 4.78 is 18.3. The quantitative estimate of drug-likeness (QED) is 0.435. The van der Waals surface area contributed by atoms with E-state index in [1.165, 1.54) is 0 Å². The van der Waals surface area contributed by atoms with Gasteiger partial charge in [0.2, 0.25) is 11.8 Å². The van der Waals surface area contributed by atoms with Crippen LogP contribution in [0.3, 0.4) is 0 Å². The highest BCUT2D eigenvalue weighted by molar-refractivity contribution is 5.79. The maximum atomic E-state index is 12.6. The van der Waals surface area contributed by atoms with Gasteiger partial charge in [-0.2, -0.15) is 0 Å². The summed E-state index contributed by atoms with van der Waals surface area (Å²) in [5.41, 5.74) is 0. The van der Waals surface area contributed by atoms with Crippen LogP contribution in [0.15, 0.2) is 35.2 Å². The minimum absolute atomic E-state index is 0.0633. The molecule has 1 fully saturated rings. The van der Waals surface area contributed by atoms with Gasteiger partial charge < -0.3 is 28.7 Å². The molecule has 3 rings (SSSR count). The van der Waals surface area contributed by atoms with Gasteiger partial charge in [0, 0.05) is 57.4 Å². The van der Waals surface area contributed by atoms with E-state index in [4.69, 9.17) is 13.9 Å². The molecular weight excluding hydrogens is 424 g/mol. The van der Waals surface area contributed by atoms with Crippen LogP contribution in [0.1, 0.15) is 56.5 Å². The van der Waals surface area contributed by atoms with E-state index in [-0.39, 0.29) is 11.8 Å². The lowest BCUT2D eigenvalue weighted by Gasteiger charge is -2.32. The molecule has 182 valence electrons. The van der Waals surface area contributed by atoms with Gasteiger partial charge in [-0.1, -0.05) is 0 Å². The largest absolute Gasteiger partial charge is 0.467 e. The van der Waals surface area contributed by atoms with E-state index in [0.29, 0.717) is 58.2 Å². The molecule has 0 bridgehead atoms. The number of nitrogens with zero attached hydrogens (tertiary/aromatic N) is 3. The number of nitrogens with one attached hydrogen (secondary N) is 1. The number of carbonyl (C=O) groups is 2. The number of ether oxygens (including phenoxy) is 2. The molecule has 0 saturated carbocycles. The highest BCUT2D eigenvalue weighted by atomic mass is 16.5. The Hall–Kier alpha value is -2.65. The molecule has 0 aliphatic carbocycles. The predicted molar refractivity (Wildman–Crippen MR) is 122 cm³/mol. The molecule has 0 unspecified atom stereocenters. The van der Waals surface area contributed by atoms with Crippen molar-refractivity contribution in [1.29, 1.82) is 0 Å². The minimum atomic E-state index is -0.0633. The average Bonchev–Trinajstić information content (AvgIpc) is 3.52. The van der Waals surface area contributed by atoms with Crippen molar-refractivity contribution in [2.24, 2.45) is 0 Å². The molecule has 1 N–H and O–H groups in total. The van der Waals surface area contributed by atoms with Gasteiger partial charge >= 0.3 is 0 Å². The Morgan fingerprint density at radius 3 is 2.76 bits per heavy atom. The van der Waals surface area contributed by atoms with Crippen molar-refractivity contribution >= 4 is 11.8 Å². The first kappa shape index (κ1) is 25.0. The van der Waals surface area contributed by atoms with E-state index in [0.717, 1.165) is 44.1 Å². The molecule has 33 heavy (non-hydrogen) atoms.